The van der Waals surface area contributed by atoms with E-state index in [0.717, 1.165) is 70.0 Å². The molecule has 0 bridgehead atoms. The average molecular weight is 525 g/mol. The van der Waals surface area contributed by atoms with Crippen LogP contribution >= 0.6 is 24.0 Å². The van der Waals surface area contributed by atoms with Gasteiger partial charge in [-0.15, -0.1) is 34.2 Å². The van der Waals surface area contributed by atoms with Crippen molar-refractivity contribution >= 4 is 29.9 Å². The summed E-state index contributed by atoms with van der Waals surface area (Å²) in [4.78, 5) is 6.82. The summed E-state index contributed by atoms with van der Waals surface area (Å²) in [5.74, 6) is 2.86. The maximum atomic E-state index is 5.46. The molecule has 0 saturated carbocycles. The molecule has 8 nitrogen and oxygen atoms in total. The summed E-state index contributed by atoms with van der Waals surface area (Å²) in [5.41, 5.74) is 2.64. The highest BCUT2D eigenvalue weighted by Crippen LogP contribution is 2.14. The van der Waals surface area contributed by atoms with Gasteiger partial charge in [0, 0.05) is 46.2 Å². The van der Waals surface area contributed by atoms with Crippen molar-refractivity contribution in [3.63, 3.8) is 0 Å². The number of morpholine rings is 1. The van der Waals surface area contributed by atoms with E-state index in [4.69, 9.17) is 4.74 Å². The fraction of sp³-hybridized carbons (Fsp3) is 0.571. The molecule has 2 aliphatic rings. The van der Waals surface area contributed by atoms with Crippen molar-refractivity contribution in [3.05, 3.63) is 47.0 Å². The van der Waals surface area contributed by atoms with Crippen LogP contribution in [0.4, 0.5) is 0 Å². The third-order valence-electron chi connectivity index (χ3n) is 5.64. The minimum atomic E-state index is 0. The standard InChI is InChI=1S/C21H31N7O.HI/c1-22-21(24-15-20-26-25-19-8-4-5-9-28(19)20)23-14-17-6-2-3-7-18(17)16-27-10-12-29-13-11-27;/h2-3,6-7H,4-5,8-16H2,1H3,(H2,22,23,24);1H. The molecule has 30 heavy (non-hydrogen) atoms. The third-order valence-corrected chi connectivity index (χ3v) is 5.64. The molecule has 3 heterocycles. The van der Waals surface area contributed by atoms with Crippen molar-refractivity contribution in [2.75, 3.05) is 33.4 Å². The molecule has 1 aromatic carbocycles. The second-order valence-electron chi connectivity index (χ2n) is 7.58. The second kappa shape index (κ2) is 11.6. The van der Waals surface area contributed by atoms with Gasteiger partial charge in [0.1, 0.15) is 5.82 Å². The first kappa shape index (κ1) is 23.0. The van der Waals surface area contributed by atoms with Crippen molar-refractivity contribution in [1.29, 1.82) is 0 Å². The molecule has 4 rings (SSSR count). The second-order valence-corrected chi connectivity index (χ2v) is 7.58. The number of ether oxygens (including phenoxy) is 1. The Morgan fingerprint density at radius 3 is 2.60 bits per heavy atom. The lowest BCUT2D eigenvalue weighted by atomic mass is 10.1. The van der Waals surface area contributed by atoms with Crippen LogP contribution in [0, 0.1) is 0 Å². The number of nitrogens with zero attached hydrogens (tertiary/aromatic N) is 5. The van der Waals surface area contributed by atoms with Gasteiger partial charge in [0.05, 0.1) is 19.8 Å². The van der Waals surface area contributed by atoms with Gasteiger partial charge in [-0.2, -0.15) is 0 Å². The van der Waals surface area contributed by atoms with Crippen LogP contribution in [0.25, 0.3) is 0 Å². The van der Waals surface area contributed by atoms with E-state index in [-0.39, 0.29) is 24.0 Å². The molecule has 0 aliphatic carbocycles. The van der Waals surface area contributed by atoms with Crippen LogP contribution in [0.2, 0.25) is 0 Å². The smallest absolute Gasteiger partial charge is 0.191 e. The number of aromatic nitrogens is 3. The normalized spacial score (nSPS) is 17.2. The van der Waals surface area contributed by atoms with Crippen LogP contribution in [0.1, 0.15) is 35.6 Å². The van der Waals surface area contributed by atoms with E-state index >= 15 is 0 Å². The van der Waals surface area contributed by atoms with Crippen molar-refractivity contribution < 1.29 is 4.74 Å². The fourth-order valence-corrected chi connectivity index (χ4v) is 3.95. The molecule has 1 aromatic heterocycles. The Labute approximate surface area is 195 Å². The highest BCUT2D eigenvalue weighted by molar-refractivity contribution is 14.0. The highest BCUT2D eigenvalue weighted by atomic mass is 127. The van der Waals surface area contributed by atoms with E-state index in [1.165, 1.54) is 24.0 Å². The van der Waals surface area contributed by atoms with E-state index in [1.54, 1.807) is 7.05 Å². The number of hydrogen-bond donors (Lipinski definition) is 2. The molecule has 0 amide bonds. The van der Waals surface area contributed by atoms with E-state index < -0.39 is 0 Å². The first-order chi connectivity index (χ1) is 14.3. The Kier molecular flexibility index (Phi) is 8.88. The summed E-state index contributed by atoms with van der Waals surface area (Å²) in [6.45, 7) is 6.97. The molecular weight excluding hydrogens is 493 g/mol. The summed E-state index contributed by atoms with van der Waals surface area (Å²) < 4.78 is 7.70. The summed E-state index contributed by atoms with van der Waals surface area (Å²) in [6, 6.07) is 8.61. The minimum Gasteiger partial charge on any atom is -0.379 e. The number of guanidine groups is 1. The summed E-state index contributed by atoms with van der Waals surface area (Å²) >= 11 is 0. The van der Waals surface area contributed by atoms with Gasteiger partial charge >= 0.3 is 0 Å². The monoisotopic (exact) mass is 525 g/mol. The lowest BCUT2D eigenvalue weighted by Gasteiger charge is -2.27. The van der Waals surface area contributed by atoms with Crippen LogP contribution in [-0.2, 0) is 37.3 Å². The van der Waals surface area contributed by atoms with Crippen LogP contribution < -0.4 is 10.6 Å². The Morgan fingerprint density at radius 2 is 1.80 bits per heavy atom. The fourth-order valence-electron chi connectivity index (χ4n) is 3.95. The number of rotatable bonds is 6. The maximum absolute atomic E-state index is 5.46. The van der Waals surface area contributed by atoms with Gasteiger partial charge in [-0.05, 0) is 24.0 Å². The SMILES string of the molecule is CN=C(NCc1ccccc1CN1CCOCC1)NCc1nnc2n1CCCC2.I. The minimum absolute atomic E-state index is 0. The number of fused-ring (bicyclic) bond motifs is 1. The van der Waals surface area contributed by atoms with Crippen LogP contribution in [0.15, 0.2) is 29.3 Å². The maximum Gasteiger partial charge on any atom is 0.191 e. The van der Waals surface area contributed by atoms with Gasteiger partial charge in [0.15, 0.2) is 11.8 Å². The Hall–Kier alpha value is -1.72. The predicted molar refractivity (Wildman–Crippen MR) is 128 cm³/mol. The summed E-state index contributed by atoms with van der Waals surface area (Å²) in [7, 11) is 1.80. The molecule has 1 fully saturated rings. The number of benzene rings is 1. The Morgan fingerprint density at radius 1 is 1.03 bits per heavy atom. The van der Waals surface area contributed by atoms with Crippen molar-refractivity contribution in [2.24, 2.45) is 4.99 Å². The van der Waals surface area contributed by atoms with Gasteiger partial charge in [0.25, 0.3) is 0 Å². The number of nitrogens with one attached hydrogen (secondary N) is 2. The topological polar surface area (TPSA) is 79.6 Å². The molecule has 0 radical (unpaired) electrons. The number of halogens is 1. The highest BCUT2D eigenvalue weighted by Gasteiger charge is 2.16. The zero-order valence-corrected chi connectivity index (χ0v) is 20.0. The van der Waals surface area contributed by atoms with Crippen LogP contribution in [0.3, 0.4) is 0 Å². The van der Waals surface area contributed by atoms with Gasteiger partial charge in [-0.3, -0.25) is 9.89 Å². The van der Waals surface area contributed by atoms with Crippen molar-refractivity contribution in [3.8, 4) is 0 Å². The largest absolute Gasteiger partial charge is 0.379 e. The molecule has 0 atom stereocenters. The number of aliphatic imine (C=N–C) groups is 1. The first-order valence-electron chi connectivity index (χ1n) is 10.6. The van der Waals surface area contributed by atoms with E-state index in [2.05, 4.69) is 59.6 Å². The zero-order chi connectivity index (χ0) is 19.9. The van der Waals surface area contributed by atoms with Crippen molar-refractivity contribution in [1.82, 2.24) is 30.3 Å². The summed E-state index contributed by atoms with van der Waals surface area (Å²) in [6.07, 6.45) is 3.43. The van der Waals surface area contributed by atoms with Crippen LogP contribution in [0.5, 0.6) is 0 Å². The van der Waals surface area contributed by atoms with Crippen LogP contribution in [-0.4, -0.2) is 59.0 Å². The Bertz CT molecular complexity index is 833. The molecule has 9 heteroatoms. The third kappa shape index (κ3) is 5.92. The quantitative estimate of drug-likeness (QED) is 0.341. The molecule has 1 saturated heterocycles. The van der Waals surface area contributed by atoms with E-state index in [1.807, 2.05) is 0 Å². The van der Waals surface area contributed by atoms with E-state index in [0.29, 0.717) is 6.54 Å². The summed E-state index contributed by atoms with van der Waals surface area (Å²) in [5, 5.41) is 15.5. The molecule has 2 aliphatic heterocycles. The van der Waals surface area contributed by atoms with Gasteiger partial charge < -0.3 is 19.9 Å². The average Bonchev–Trinajstić information content (AvgIpc) is 3.19. The van der Waals surface area contributed by atoms with Crippen molar-refractivity contribution in [2.45, 2.75) is 45.4 Å². The number of aryl methyl sites for hydroxylation is 1. The van der Waals surface area contributed by atoms with E-state index in [9.17, 15) is 0 Å². The Balaban J connectivity index is 0.00000256. The van der Waals surface area contributed by atoms with Gasteiger partial charge in [-0.25, -0.2) is 0 Å². The molecular formula is C21H32IN7O. The molecule has 2 aromatic rings. The molecule has 2 N–H and O–H groups in total. The van der Waals surface area contributed by atoms with Gasteiger partial charge in [0.2, 0.25) is 0 Å². The lowest BCUT2D eigenvalue weighted by Crippen LogP contribution is -2.38. The van der Waals surface area contributed by atoms with Gasteiger partial charge in [-0.1, -0.05) is 24.3 Å². The molecule has 0 unspecified atom stereocenters. The zero-order valence-electron chi connectivity index (χ0n) is 17.6. The number of hydrogen-bond acceptors (Lipinski definition) is 5. The molecule has 164 valence electrons. The first-order valence-corrected chi connectivity index (χ1v) is 10.6. The lowest BCUT2D eigenvalue weighted by molar-refractivity contribution is 0.0341. The molecule has 0 spiro atoms. The predicted octanol–water partition coefficient (Wildman–Crippen LogP) is 1.93.